The standard InChI is InChI=1S/C56H50O38/c57-23-3-17(4-24(58)37(23)69)47(77)87-15-35-43(75)45(89-49(79)19-7-27(61)39(71)28(62)8-19)53(83,55(85,91-35)93-51(81)21-11-31(65)41(73)32(66)12-21)1-2-54(84)46(90-50(80)20-9-29(63)40(72)30(64)10-20)44(76)36(16-88-48(78)18-5-25(59)38(70)26(60)6-18)92-56(54,86)94-52(82)22-13-33(67)42(74)34(68)14-22/h3-14,35-36,43-46,57-76,83-86H,1-2,15-16H2/t35-,36-,43-,44-,45+,46+,53-,54-,55+,56+/m1/s1. The summed E-state index contributed by atoms with van der Waals surface area (Å²) in [5.74, 6) is -43.3. The van der Waals surface area contributed by atoms with E-state index in [-0.39, 0.29) is 0 Å². The van der Waals surface area contributed by atoms with E-state index >= 15 is 0 Å². The molecule has 94 heavy (non-hydrogen) atoms. The van der Waals surface area contributed by atoms with Crippen LogP contribution in [0.2, 0.25) is 0 Å². The van der Waals surface area contributed by atoms with Gasteiger partial charge in [-0.3, -0.25) is 0 Å². The summed E-state index contributed by atoms with van der Waals surface area (Å²) < 4.78 is 42.5. The van der Waals surface area contributed by atoms with Crippen LogP contribution in [0.15, 0.2) is 72.8 Å². The molecule has 6 aromatic rings. The zero-order valence-electron chi connectivity index (χ0n) is 46.7. The van der Waals surface area contributed by atoms with E-state index in [1.54, 1.807) is 0 Å². The van der Waals surface area contributed by atoms with E-state index < -0.39 is 259 Å². The lowest BCUT2D eigenvalue weighted by molar-refractivity contribution is -0.477. The lowest BCUT2D eigenvalue weighted by Crippen LogP contribution is -2.77. The van der Waals surface area contributed by atoms with Crippen molar-refractivity contribution in [3.05, 3.63) is 106 Å². The van der Waals surface area contributed by atoms with Crippen molar-refractivity contribution < 1.29 is 189 Å². The van der Waals surface area contributed by atoms with Gasteiger partial charge in [-0.25, -0.2) is 28.8 Å². The molecule has 0 aliphatic carbocycles. The van der Waals surface area contributed by atoms with Crippen molar-refractivity contribution in [1.82, 2.24) is 0 Å². The van der Waals surface area contributed by atoms with Gasteiger partial charge in [0.15, 0.2) is 127 Å². The zero-order valence-corrected chi connectivity index (χ0v) is 46.7. The maximum Gasteiger partial charge on any atom is 0.361 e. The molecule has 502 valence electrons. The molecule has 2 fully saturated rings. The molecule has 0 unspecified atom stereocenters. The predicted octanol–water partition coefficient (Wildman–Crippen LogP) is -1.38. The minimum atomic E-state index is -4.59. The van der Waals surface area contributed by atoms with Gasteiger partial charge in [-0.2, -0.15) is 0 Å². The van der Waals surface area contributed by atoms with Crippen molar-refractivity contribution in [3.8, 4) is 103 Å². The summed E-state index contributed by atoms with van der Waals surface area (Å²) in [6.07, 6.45) is -22.1. The first-order valence-corrected chi connectivity index (χ1v) is 26.1. The third-order valence-corrected chi connectivity index (χ3v) is 14.4. The van der Waals surface area contributed by atoms with Crippen LogP contribution < -0.4 is 0 Å². The van der Waals surface area contributed by atoms with Gasteiger partial charge >= 0.3 is 47.8 Å². The van der Waals surface area contributed by atoms with E-state index in [1.165, 1.54) is 0 Å². The minimum absolute atomic E-state index is 0.310. The Hall–Kier alpha value is -11.8. The Balaban J connectivity index is 1.32. The average molecular weight is 1330 g/mol. The fourth-order valence-electron chi connectivity index (χ4n) is 9.42. The fourth-order valence-corrected chi connectivity index (χ4v) is 9.42. The molecule has 6 aromatic carbocycles. The average Bonchev–Trinajstić information content (AvgIpc) is 0.718. The number of hydrogen-bond donors (Lipinski definition) is 24. The van der Waals surface area contributed by atoms with Gasteiger partial charge in [0, 0.05) is 0 Å². The highest BCUT2D eigenvalue weighted by atomic mass is 16.9. The van der Waals surface area contributed by atoms with Gasteiger partial charge in [0.1, 0.15) is 37.6 Å². The number of rotatable bonds is 17. The first-order chi connectivity index (χ1) is 43.7. The second kappa shape index (κ2) is 25.1. The van der Waals surface area contributed by atoms with Crippen LogP contribution in [-0.2, 0) is 37.9 Å². The first-order valence-electron chi connectivity index (χ1n) is 26.1. The topological polar surface area (TPSA) is 662 Å². The van der Waals surface area contributed by atoms with Crippen LogP contribution in [0.3, 0.4) is 0 Å². The van der Waals surface area contributed by atoms with Crippen LogP contribution in [0.5, 0.6) is 103 Å². The molecule has 2 saturated heterocycles. The molecule has 24 N–H and O–H groups in total. The molecule has 0 spiro atoms. The molecule has 10 atom stereocenters. The Bertz CT molecular complexity index is 3660. The summed E-state index contributed by atoms with van der Waals surface area (Å²) in [6, 6.07) is 4.66. The SMILES string of the molecule is O=C(OC[C@H]1O[C@](O)(OC(=O)c2cc(O)c(O)c(O)c2)[C@@](O)(CC[C@@]2(O)[C@@H](OC(=O)c3cc(O)c(O)c(O)c3)[C@H](O)[C@@H](COC(=O)c3cc(O)c(O)c(O)c3)O[C@]2(O)OC(=O)c2cc(O)c(O)c(O)c2)[C@@H](OC(=O)c2cc(O)c(O)c(O)c2)[C@@H]1O)c1cc(O)c(O)c(O)c1. The van der Waals surface area contributed by atoms with Crippen molar-refractivity contribution in [2.45, 2.75) is 72.6 Å². The van der Waals surface area contributed by atoms with Crippen LogP contribution in [-0.4, -0.2) is 231 Å². The number of phenolic OH excluding ortho intramolecular Hbond substituents is 18. The van der Waals surface area contributed by atoms with Crippen molar-refractivity contribution in [1.29, 1.82) is 0 Å². The number of carbonyl (C=O) groups is 6. The molecule has 0 saturated carbocycles. The Kier molecular flexibility index (Phi) is 18.2. The Morgan fingerprint density at radius 1 is 0.319 bits per heavy atom. The van der Waals surface area contributed by atoms with E-state index in [9.17, 15) is 151 Å². The van der Waals surface area contributed by atoms with Crippen LogP contribution >= 0.6 is 0 Å². The molecule has 2 heterocycles. The largest absolute Gasteiger partial charge is 0.504 e. The Morgan fingerprint density at radius 3 is 0.723 bits per heavy atom. The van der Waals surface area contributed by atoms with Gasteiger partial charge < -0.3 is 160 Å². The van der Waals surface area contributed by atoms with Gasteiger partial charge in [0.05, 0.1) is 33.4 Å². The highest BCUT2D eigenvalue weighted by Crippen LogP contribution is 2.51. The van der Waals surface area contributed by atoms with E-state index in [0.29, 0.717) is 72.8 Å². The number of benzene rings is 6. The van der Waals surface area contributed by atoms with Crippen molar-refractivity contribution in [2.75, 3.05) is 13.2 Å². The van der Waals surface area contributed by atoms with E-state index in [0.717, 1.165) is 0 Å². The van der Waals surface area contributed by atoms with Crippen LogP contribution in [0.4, 0.5) is 0 Å². The minimum Gasteiger partial charge on any atom is -0.504 e. The third-order valence-electron chi connectivity index (χ3n) is 14.4. The number of ether oxygens (including phenoxy) is 8. The molecule has 0 amide bonds. The van der Waals surface area contributed by atoms with E-state index in [1.807, 2.05) is 0 Å². The van der Waals surface area contributed by atoms with Gasteiger partial charge in [-0.15, -0.1) is 0 Å². The first kappa shape index (κ1) is 68.1. The molecule has 38 heteroatoms. The Labute approximate surface area is 519 Å². The number of phenols is 18. The molecule has 0 aromatic heterocycles. The summed E-state index contributed by atoms with van der Waals surface area (Å²) in [4.78, 5) is 83.6. The molecule has 0 bridgehead atoms. The zero-order chi connectivity index (χ0) is 69.8. The molecule has 2 aliphatic rings. The maximum atomic E-state index is 14.2. The summed E-state index contributed by atoms with van der Waals surface area (Å²) in [6.45, 7) is -3.14. The molecular formula is C56H50O38. The normalized spacial score (nSPS) is 24.1. The molecule has 0 radical (unpaired) electrons. The monoisotopic (exact) mass is 1330 g/mol. The summed E-state index contributed by atoms with van der Waals surface area (Å²) in [5.41, 5.74) is -14.8. The lowest BCUT2D eigenvalue weighted by Gasteiger charge is -2.55. The third kappa shape index (κ3) is 12.7. The van der Waals surface area contributed by atoms with Crippen molar-refractivity contribution in [3.63, 3.8) is 0 Å². The number of aliphatic hydroxyl groups excluding tert-OH is 2. The van der Waals surface area contributed by atoms with E-state index in [2.05, 4.69) is 0 Å². The van der Waals surface area contributed by atoms with Crippen molar-refractivity contribution in [2.24, 2.45) is 0 Å². The highest BCUT2D eigenvalue weighted by Gasteiger charge is 2.73. The number of aliphatic hydroxyl groups is 6. The van der Waals surface area contributed by atoms with Gasteiger partial charge in [0.2, 0.25) is 0 Å². The number of hydrogen-bond acceptors (Lipinski definition) is 38. The molecular weight excluding hydrogens is 1280 g/mol. The van der Waals surface area contributed by atoms with Crippen LogP contribution in [0.1, 0.15) is 75.0 Å². The molecule has 38 nitrogen and oxygen atoms in total. The molecule has 8 rings (SSSR count). The Morgan fingerprint density at radius 2 is 0.511 bits per heavy atom. The van der Waals surface area contributed by atoms with Crippen LogP contribution in [0, 0.1) is 0 Å². The van der Waals surface area contributed by atoms with Gasteiger partial charge in [0.25, 0.3) is 0 Å². The fraction of sp³-hybridized carbons (Fsp3) is 0.250. The van der Waals surface area contributed by atoms with Crippen molar-refractivity contribution >= 4 is 35.8 Å². The summed E-state index contributed by atoms with van der Waals surface area (Å²) >= 11 is 0. The second-order valence-electron chi connectivity index (χ2n) is 20.6. The van der Waals surface area contributed by atoms with E-state index in [4.69, 9.17) is 37.9 Å². The lowest BCUT2D eigenvalue weighted by atomic mass is 9.74. The summed E-state index contributed by atoms with van der Waals surface area (Å²) in [7, 11) is 0. The summed E-state index contributed by atoms with van der Waals surface area (Å²) in [5, 5.41) is 260. The number of esters is 6. The molecule has 2 aliphatic heterocycles. The number of aromatic hydroxyl groups is 18. The smallest absolute Gasteiger partial charge is 0.361 e. The quantitative estimate of drug-likeness (QED) is 0.0217. The number of carbonyl (C=O) groups excluding carboxylic acids is 6. The predicted molar refractivity (Wildman–Crippen MR) is 289 cm³/mol. The second-order valence-corrected chi connectivity index (χ2v) is 20.6. The maximum absolute atomic E-state index is 14.2. The van der Waals surface area contributed by atoms with Crippen LogP contribution in [0.25, 0.3) is 0 Å². The van der Waals surface area contributed by atoms with Gasteiger partial charge in [-0.1, -0.05) is 0 Å². The van der Waals surface area contributed by atoms with Gasteiger partial charge in [-0.05, 0) is 85.6 Å². The highest BCUT2D eigenvalue weighted by molar-refractivity contribution is 5.94.